The number of halogens is 1. The van der Waals surface area contributed by atoms with Crippen LogP contribution in [0.4, 0.5) is 5.69 Å². The molecule has 2 rings (SSSR count). The van der Waals surface area contributed by atoms with Crippen molar-refractivity contribution < 1.29 is 10.2 Å². The highest BCUT2D eigenvalue weighted by atomic mass is 35.5. The van der Waals surface area contributed by atoms with Gasteiger partial charge in [-0.25, -0.2) is 0 Å². The van der Waals surface area contributed by atoms with Gasteiger partial charge in [0.05, 0.1) is 6.61 Å². The number of nitrogens with zero attached hydrogens (tertiary/aromatic N) is 1. The molecule has 0 radical (unpaired) electrons. The maximum Gasteiger partial charge on any atom is 0.0696 e. The van der Waals surface area contributed by atoms with Crippen molar-refractivity contribution in [2.75, 3.05) is 24.6 Å². The minimum atomic E-state index is -0.0216. The Morgan fingerprint density at radius 2 is 2.18 bits per heavy atom. The predicted molar refractivity (Wildman–Crippen MR) is 69.4 cm³/mol. The number of aliphatic hydroxyl groups is 2. The van der Waals surface area contributed by atoms with Crippen LogP contribution < -0.4 is 4.90 Å². The Labute approximate surface area is 107 Å². The molecule has 1 aliphatic heterocycles. The van der Waals surface area contributed by atoms with E-state index < -0.39 is 0 Å². The van der Waals surface area contributed by atoms with Gasteiger partial charge in [0.15, 0.2) is 0 Å². The van der Waals surface area contributed by atoms with E-state index in [-0.39, 0.29) is 13.2 Å². The summed E-state index contributed by atoms with van der Waals surface area (Å²) in [5.74, 6) is 0.580. The van der Waals surface area contributed by atoms with Crippen LogP contribution in [-0.2, 0) is 6.61 Å². The van der Waals surface area contributed by atoms with Crippen LogP contribution in [-0.4, -0.2) is 29.9 Å². The van der Waals surface area contributed by atoms with Gasteiger partial charge in [-0.1, -0.05) is 17.7 Å². The van der Waals surface area contributed by atoms with E-state index in [9.17, 15) is 0 Å². The van der Waals surface area contributed by atoms with Crippen molar-refractivity contribution in [2.24, 2.45) is 5.92 Å². The summed E-state index contributed by atoms with van der Waals surface area (Å²) >= 11 is 6.08. The first-order valence-corrected chi connectivity index (χ1v) is 6.37. The summed E-state index contributed by atoms with van der Waals surface area (Å²) in [7, 11) is 0. The first-order valence-electron chi connectivity index (χ1n) is 5.99. The molecule has 1 atom stereocenters. The molecule has 1 aromatic rings. The maximum absolute atomic E-state index is 9.06. The van der Waals surface area contributed by atoms with Gasteiger partial charge in [-0.3, -0.25) is 0 Å². The number of rotatable bonds is 4. The average Bonchev–Trinajstić information content (AvgIpc) is 2.78. The molecule has 0 saturated carbocycles. The highest BCUT2D eigenvalue weighted by molar-refractivity contribution is 6.31. The summed E-state index contributed by atoms with van der Waals surface area (Å²) < 4.78 is 0. The van der Waals surface area contributed by atoms with Gasteiger partial charge in [0.25, 0.3) is 0 Å². The molecule has 2 N–H and O–H groups in total. The lowest BCUT2D eigenvalue weighted by Gasteiger charge is -2.19. The van der Waals surface area contributed by atoms with Crippen molar-refractivity contribution in [1.82, 2.24) is 0 Å². The van der Waals surface area contributed by atoms with Crippen molar-refractivity contribution in [1.29, 1.82) is 0 Å². The summed E-state index contributed by atoms with van der Waals surface area (Å²) in [6.07, 6.45) is 2.00. The van der Waals surface area contributed by atoms with E-state index in [2.05, 4.69) is 4.90 Å². The standard InChI is InChI=1S/C13H18ClNO2/c14-13-7-12(2-1-11(13)9-17)15-5-3-10(8-15)4-6-16/h1-2,7,10,16-17H,3-6,8-9H2. The fourth-order valence-corrected chi connectivity index (χ4v) is 2.58. The van der Waals surface area contributed by atoms with Crippen molar-refractivity contribution in [3.05, 3.63) is 28.8 Å². The Bertz CT molecular complexity index is 384. The summed E-state index contributed by atoms with van der Waals surface area (Å²) in [5.41, 5.74) is 1.87. The van der Waals surface area contributed by atoms with Crippen LogP contribution in [0.3, 0.4) is 0 Å². The molecule has 3 nitrogen and oxygen atoms in total. The highest BCUT2D eigenvalue weighted by Gasteiger charge is 2.22. The van der Waals surface area contributed by atoms with Gasteiger partial charge in [-0.2, -0.15) is 0 Å². The van der Waals surface area contributed by atoms with Gasteiger partial charge in [-0.05, 0) is 36.5 Å². The number of benzene rings is 1. The van der Waals surface area contributed by atoms with Crippen molar-refractivity contribution in [2.45, 2.75) is 19.4 Å². The lowest BCUT2D eigenvalue weighted by molar-refractivity contribution is 0.263. The van der Waals surface area contributed by atoms with Crippen LogP contribution in [0.2, 0.25) is 5.02 Å². The van der Waals surface area contributed by atoms with Gasteiger partial charge in [0, 0.05) is 30.4 Å². The highest BCUT2D eigenvalue weighted by Crippen LogP contribution is 2.29. The fourth-order valence-electron chi connectivity index (χ4n) is 2.35. The number of aliphatic hydroxyl groups excluding tert-OH is 2. The molecule has 4 heteroatoms. The Kier molecular flexibility index (Phi) is 4.26. The molecular weight excluding hydrogens is 238 g/mol. The molecule has 0 amide bonds. The van der Waals surface area contributed by atoms with Gasteiger partial charge >= 0.3 is 0 Å². The second-order valence-corrected chi connectivity index (χ2v) is 4.95. The molecule has 0 aliphatic carbocycles. The van der Waals surface area contributed by atoms with Crippen molar-refractivity contribution in [3.63, 3.8) is 0 Å². The summed E-state index contributed by atoms with van der Waals surface area (Å²) in [5, 5.41) is 18.6. The second-order valence-electron chi connectivity index (χ2n) is 4.55. The van der Waals surface area contributed by atoms with E-state index in [0.717, 1.165) is 37.2 Å². The van der Waals surface area contributed by atoms with Crippen LogP contribution in [0, 0.1) is 5.92 Å². The van der Waals surface area contributed by atoms with Gasteiger partial charge in [-0.15, -0.1) is 0 Å². The predicted octanol–water partition coefficient (Wildman–Crippen LogP) is 2.04. The summed E-state index contributed by atoms with van der Waals surface area (Å²) in [6, 6.07) is 5.78. The van der Waals surface area contributed by atoms with Crippen LogP contribution in [0.25, 0.3) is 0 Å². The van der Waals surface area contributed by atoms with E-state index >= 15 is 0 Å². The molecule has 1 fully saturated rings. The molecule has 0 bridgehead atoms. The van der Waals surface area contributed by atoms with Gasteiger partial charge in [0.2, 0.25) is 0 Å². The van der Waals surface area contributed by atoms with E-state index in [1.807, 2.05) is 18.2 Å². The molecule has 1 unspecified atom stereocenters. The zero-order valence-electron chi connectivity index (χ0n) is 9.77. The lowest BCUT2D eigenvalue weighted by atomic mass is 10.1. The first kappa shape index (κ1) is 12.7. The van der Waals surface area contributed by atoms with Crippen LogP contribution in [0.1, 0.15) is 18.4 Å². The van der Waals surface area contributed by atoms with Crippen LogP contribution >= 0.6 is 11.6 Å². The smallest absolute Gasteiger partial charge is 0.0696 e. The molecule has 0 spiro atoms. The quantitative estimate of drug-likeness (QED) is 0.865. The third-order valence-electron chi connectivity index (χ3n) is 3.40. The van der Waals surface area contributed by atoms with E-state index in [4.69, 9.17) is 21.8 Å². The molecule has 1 saturated heterocycles. The molecule has 1 aliphatic rings. The van der Waals surface area contributed by atoms with E-state index in [1.165, 1.54) is 0 Å². The third kappa shape index (κ3) is 2.92. The summed E-state index contributed by atoms with van der Waals surface area (Å²) in [4.78, 5) is 2.29. The fraction of sp³-hybridized carbons (Fsp3) is 0.538. The average molecular weight is 256 g/mol. The van der Waals surface area contributed by atoms with Crippen LogP contribution in [0.15, 0.2) is 18.2 Å². The zero-order chi connectivity index (χ0) is 12.3. The molecule has 1 heterocycles. The first-order chi connectivity index (χ1) is 8.24. The van der Waals surface area contributed by atoms with Crippen molar-refractivity contribution in [3.8, 4) is 0 Å². The normalized spacial score (nSPS) is 19.9. The third-order valence-corrected chi connectivity index (χ3v) is 3.75. The maximum atomic E-state index is 9.06. The van der Waals surface area contributed by atoms with Crippen molar-refractivity contribution >= 4 is 17.3 Å². The SMILES string of the molecule is OCCC1CCN(c2ccc(CO)c(Cl)c2)C1. The second kappa shape index (κ2) is 5.71. The monoisotopic (exact) mass is 255 g/mol. The van der Waals surface area contributed by atoms with E-state index in [1.54, 1.807) is 0 Å². The molecule has 1 aromatic carbocycles. The van der Waals surface area contributed by atoms with Gasteiger partial charge < -0.3 is 15.1 Å². The lowest BCUT2D eigenvalue weighted by Crippen LogP contribution is -2.19. The number of hydrogen-bond donors (Lipinski definition) is 2. The van der Waals surface area contributed by atoms with Gasteiger partial charge in [0.1, 0.15) is 0 Å². The topological polar surface area (TPSA) is 43.7 Å². The number of hydrogen-bond acceptors (Lipinski definition) is 3. The Morgan fingerprint density at radius 1 is 1.35 bits per heavy atom. The Balaban J connectivity index is 2.06. The van der Waals surface area contributed by atoms with E-state index in [0.29, 0.717) is 10.9 Å². The minimum Gasteiger partial charge on any atom is -0.396 e. The molecule has 0 aromatic heterocycles. The summed E-state index contributed by atoms with van der Waals surface area (Å²) in [6.45, 7) is 2.24. The number of anilines is 1. The Morgan fingerprint density at radius 3 is 2.82 bits per heavy atom. The van der Waals surface area contributed by atoms with Crippen LogP contribution in [0.5, 0.6) is 0 Å². The Hall–Kier alpha value is -0.770. The molecular formula is C13H18ClNO2. The minimum absolute atomic E-state index is 0.0216. The molecule has 94 valence electrons. The molecule has 17 heavy (non-hydrogen) atoms. The zero-order valence-corrected chi connectivity index (χ0v) is 10.5. The largest absolute Gasteiger partial charge is 0.396 e.